The van der Waals surface area contributed by atoms with Crippen LogP contribution < -0.4 is 0 Å². The van der Waals surface area contributed by atoms with Crippen molar-refractivity contribution in [2.24, 2.45) is 0 Å². The molecule has 0 aliphatic heterocycles. The minimum atomic E-state index is -0.559. The van der Waals surface area contributed by atoms with Gasteiger partial charge in [-0.25, -0.2) is 4.39 Å². The predicted molar refractivity (Wildman–Crippen MR) is 62.6 cm³/mol. The summed E-state index contributed by atoms with van der Waals surface area (Å²) in [7, 11) is 0. The monoisotopic (exact) mass is 248 g/mol. The van der Waals surface area contributed by atoms with E-state index in [2.05, 4.69) is 10.1 Å². The molecule has 5 heteroatoms. The third-order valence-electron chi connectivity index (χ3n) is 3.37. The fraction of sp³-hybridized carbons (Fsp3) is 0.385. The summed E-state index contributed by atoms with van der Waals surface area (Å²) in [6.45, 7) is 0. The fourth-order valence-electron chi connectivity index (χ4n) is 2.41. The number of rotatable bonds is 2. The van der Waals surface area contributed by atoms with Crippen molar-refractivity contribution >= 4 is 0 Å². The van der Waals surface area contributed by atoms with Gasteiger partial charge in [-0.1, -0.05) is 24.1 Å². The van der Waals surface area contributed by atoms with Crippen LogP contribution in [0.1, 0.15) is 37.4 Å². The predicted octanol–water partition coefficient (Wildman–Crippen LogP) is 3.24. The maximum atomic E-state index is 13.6. The van der Waals surface area contributed by atoms with Gasteiger partial charge in [0, 0.05) is 5.92 Å². The lowest BCUT2D eigenvalue weighted by atomic mass is 10.1. The lowest BCUT2D eigenvalue weighted by Crippen LogP contribution is -1.94. The molecule has 1 aliphatic rings. The molecule has 1 heterocycles. The lowest BCUT2D eigenvalue weighted by molar-refractivity contribution is 0.408. The number of aromatic hydroxyl groups is 1. The van der Waals surface area contributed by atoms with Crippen molar-refractivity contribution in [3.63, 3.8) is 0 Å². The maximum absolute atomic E-state index is 13.6. The van der Waals surface area contributed by atoms with Crippen LogP contribution in [0.2, 0.25) is 0 Å². The van der Waals surface area contributed by atoms with E-state index >= 15 is 0 Å². The fourth-order valence-corrected chi connectivity index (χ4v) is 2.41. The molecule has 1 fully saturated rings. The molecule has 0 amide bonds. The Morgan fingerprint density at radius 2 is 2.06 bits per heavy atom. The first-order chi connectivity index (χ1) is 8.75. The van der Waals surface area contributed by atoms with Gasteiger partial charge in [-0.05, 0) is 25.0 Å². The zero-order chi connectivity index (χ0) is 12.5. The third-order valence-corrected chi connectivity index (χ3v) is 3.37. The molecule has 94 valence electrons. The van der Waals surface area contributed by atoms with Gasteiger partial charge in [-0.2, -0.15) is 4.98 Å². The number of nitrogens with zero attached hydrogens (tertiary/aromatic N) is 2. The van der Waals surface area contributed by atoms with E-state index in [1.54, 1.807) is 0 Å². The van der Waals surface area contributed by atoms with Gasteiger partial charge in [0.2, 0.25) is 0 Å². The average Bonchev–Trinajstić information content (AvgIpc) is 2.99. The Labute approximate surface area is 103 Å². The second kappa shape index (κ2) is 4.40. The number of halogens is 1. The van der Waals surface area contributed by atoms with Crippen molar-refractivity contribution in [1.29, 1.82) is 0 Å². The van der Waals surface area contributed by atoms with Crippen molar-refractivity contribution < 1.29 is 14.0 Å². The van der Waals surface area contributed by atoms with Crippen LogP contribution in [0.4, 0.5) is 4.39 Å². The number of aromatic nitrogens is 2. The van der Waals surface area contributed by atoms with Crippen molar-refractivity contribution in [1.82, 2.24) is 10.1 Å². The van der Waals surface area contributed by atoms with Crippen LogP contribution in [0.3, 0.4) is 0 Å². The second-order valence-electron chi connectivity index (χ2n) is 4.57. The highest BCUT2D eigenvalue weighted by Crippen LogP contribution is 2.35. The van der Waals surface area contributed by atoms with Crippen LogP contribution in [-0.4, -0.2) is 15.2 Å². The highest BCUT2D eigenvalue weighted by Gasteiger charge is 2.24. The van der Waals surface area contributed by atoms with E-state index in [4.69, 9.17) is 4.52 Å². The maximum Gasteiger partial charge on any atom is 0.264 e. The first-order valence-corrected chi connectivity index (χ1v) is 6.07. The second-order valence-corrected chi connectivity index (χ2v) is 4.57. The molecule has 1 aliphatic carbocycles. The number of hydrogen-bond acceptors (Lipinski definition) is 4. The summed E-state index contributed by atoms with van der Waals surface area (Å²) < 4.78 is 18.7. The Morgan fingerprint density at radius 1 is 1.28 bits per heavy atom. The summed E-state index contributed by atoms with van der Waals surface area (Å²) in [6, 6.07) is 4.09. The van der Waals surface area contributed by atoms with Gasteiger partial charge in [0.05, 0.1) is 0 Å². The van der Waals surface area contributed by atoms with Gasteiger partial charge >= 0.3 is 0 Å². The zero-order valence-electron chi connectivity index (χ0n) is 9.77. The number of hydrogen-bond donors (Lipinski definition) is 1. The quantitative estimate of drug-likeness (QED) is 0.886. The van der Waals surface area contributed by atoms with E-state index in [1.807, 2.05) is 0 Å². The van der Waals surface area contributed by atoms with Gasteiger partial charge in [-0.3, -0.25) is 0 Å². The summed E-state index contributed by atoms with van der Waals surface area (Å²) in [5.41, 5.74) is -0.0192. The van der Waals surface area contributed by atoms with Crippen molar-refractivity contribution in [2.75, 3.05) is 0 Å². The molecule has 1 aromatic carbocycles. The average molecular weight is 248 g/mol. The number of phenols is 1. The Bertz CT molecular complexity index is 542. The Kier molecular flexibility index (Phi) is 2.74. The normalized spacial score (nSPS) is 16.3. The topological polar surface area (TPSA) is 59.2 Å². The standard InChI is InChI=1S/C13H13FN2O2/c14-9-6-3-7-10(17)11(9)13-15-12(16-18-13)8-4-1-2-5-8/h3,6-8,17H,1-2,4-5H2. The van der Waals surface area contributed by atoms with Gasteiger partial charge < -0.3 is 9.63 Å². The molecular formula is C13H13FN2O2. The van der Waals surface area contributed by atoms with Crippen molar-refractivity contribution in [2.45, 2.75) is 31.6 Å². The molecule has 18 heavy (non-hydrogen) atoms. The van der Waals surface area contributed by atoms with Crippen LogP contribution in [0.25, 0.3) is 11.5 Å². The molecule has 0 unspecified atom stereocenters. The van der Waals surface area contributed by atoms with Crippen LogP contribution in [0, 0.1) is 5.82 Å². The van der Waals surface area contributed by atoms with Gasteiger partial charge in [-0.15, -0.1) is 0 Å². The molecule has 0 saturated heterocycles. The van der Waals surface area contributed by atoms with Crippen LogP contribution in [-0.2, 0) is 0 Å². The van der Waals surface area contributed by atoms with E-state index < -0.39 is 5.82 Å². The Balaban J connectivity index is 1.97. The van der Waals surface area contributed by atoms with Gasteiger partial charge in [0.25, 0.3) is 5.89 Å². The SMILES string of the molecule is Oc1cccc(F)c1-c1nc(C2CCCC2)no1. The highest BCUT2D eigenvalue weighted by atomic mass is 19.1. The molecule has 3 rings (SSSR count). The van der Waals surface area contributed by atoms with E-state index in [9.17, 15) is 9.50 Å². The van der Waals surface area contributed by atoms with Gasteiger partial charge in [0.1, 0.15) is 17.1 Å². The molecule has 0 spiro atoms. The van der Waals surface area contributed by atoms with Crippen molar-refractivity contribution in [3.05, 3.63) is 29.8 Å². The summed E-state index contributed by atoms with van der Waals surface area (Å²) in [4.78, 5) is 4.21. The summed E-state index contributed by atoms with van der Waals surface area (Å²) in [5, 5.41) is 13.5. The molecule has 4 nitrogen and oxygen atoms in total. The minimum Gasteiger partial charge on any atom is -0.507 e. The Morgan fingerprint density at radius 3 is 2.78 bits per heavy atom. The molecular weight excluding hydrogens is 235 g/mol. The molecule has 1 aromatic heterocycles. The molecule has 1 N–H and O–H groups in total. The van der Waals surface area contributed by atoms with Gasteiger partial charge in [0.15, 0.2) is 5.82 Å². The summed E-state index contributed by atoms with van der Waals surface area (Å²) >= 11 is 0. The minimum absolute atomic E-state index is 0.0192. The van der Waals surface area contributed by atoms with Crippen LogP contribution in [0.5, 0.6) is 5.75 Å². The molecule has 0 radical (unpaired) electrons. The van der Waals surface area contributed by atoms with Crippen LogP contribution >= 0.6 is 0 Å². The summed E-state index contributed by atoms with van der Waals surface area (Å²) in [6.07, 6.45) is 4.42. The lowest BCUT2D eigenvalue weighted by Gasteiger charge is -2.01. The first kappa shape index (κ1) is 11.2. The van der Waals surface area contributed by atoms with E-state index in [0.717, 1.165) is 12.8 Å². The molecule has 1 saturated carbocycles. The van der Waals surface area contributed by atoms with E-state index in [1.165, 1.54) is 31.0 Å². The smallest absolute Gasteiger partial charge is 0.264 e. The number of phenolic OH excluding ortho intramolecular Hbond substituents is 1. The number of benzene rings is 1. The summed E-state index contributed by atoms with van der Waals surface area (Å²) in [5.74, 6) is 0.224. The van der Waals surface area contributed by atoms with E-state index in [0.29, 0.717) is 11.7 Å². The first-order valence-electron chi connectivity index (χ1n) is 6.07. The molecule has 0 atom stereocenters. The van der Waals surface area contributed by atoms with Crippen molar-refractivity contribution in [3.8, 4) is 17.2 Å². The molecule has 2 aromatic rings. The van der Waals surface area contributed by atoms with E-state index in [-0.39, 0.29) is 17.2 Å². The van der Waals surface area contributed by atoms with Crippen LogP contribution in [0.15, 0.2) is 22.7 Å². The Hall–Kier alpha value is -1.91. The molecule has 0 bridgehead atoms. The third kappa shape index (κ3) is 1.85. The zero-order valence-corrected chi connectivity index (χ0v) is 9.77. The largest absolute Gasteiger partial charge is 0.507 e. The highest BCUT2D eigenvalue weighted by molar-refractivity contribution is 5.62.